The average molecular weight is 446 g/mol. The molecule has 3 heteroatoms. The number of hydrogen-bond donors (Lipinski definition) is 1. The summed E-state index contributed by atoms with van der Waals surface area (Å²) >= 11 is 0.268. The third-order valence-electron chi connectivity index (χ3n) is 9.37. The Morgan fingerprint density at radius 3 is 2.54 bits per heavy atom. The maximum atomic E-state index is 13.5. The van der Waals surface area contributed by atoms with Crippen LogP contribution in [0.5, 0.6) is 0 Å². The van der Waals surface area contributed by atoms with Gasteiger partial charge in [0.2, 0.25) is 0 Å². The van der Waals surface area contributed by atoms with Gasteiger partial charge in [0.25, 0.3) is 0 Å². The molecule has 0 saturated heterocycles. The fourth-order valence-corrected chi connectivity index (χ4v) is 10.5. The van der Waals surface area contributed by atoms with Crippen molar-refractivity contribution < 1.29 is 9.90 Å². The number of aliphatic hydroxyl groups is 1. The molecule has 4 fully saturated rings. The minimum atomic E-state index is -0.0745. The summed E-state index contributed by atoms with van der Waals surface area (Å²) in [7, 11) is 0. The predicted molar refractivity (Wildman–Crippen MR) is 114 cm³/mol. The van der Waals surface area contributed by atoms with E-state index < -0.39 is 0 Å². The van der Waals surface area contributed by atoms with Crippen LogP contribution in [-0.4, -0.2) is 32.0 Å². The van der Waals surface area contributed by atoms with Crippen LogP contribution in [0.15, 0.2) is 30.3 Å². The molecule has 0 aromatic heterocycles. The summed E-state index contributed by atoms with van der Waals surface area (Å²) < 4.78 is 1.38. The van der Waals surface area contributed by atoms with Gasteiger partial charge in [0.1, 0.15) is 0 Å². The van der Waals surface area contributed by atoms with Crippen LogP contribution in [0.1, 0.15) is 65.2 Å². The van der Waals surface area contributed by atoms with E-state index in [-0.39, 0.29) is 31.3 Å². The van der Waals surface area contributed by atoms with Gasteiger partial charge in [0.15, 0.2) is 0 Å². The minimum absolute atomic E-state index is 0.0697. The van der Waals surface area contributed by atoms with Crippen molar-refractivity contribution in [1.29, 1.82) is 0 Å². The number of carbonyl (C=O) groups is 1. The van der Waals surface area contributed by atoms with E-state index >= 15 is 0 Å². The van der Waals surface area contributed by atoms with Crippen molar-refractivity contribution in [3.63, 3.8) is 0 Å². The van der Waals surface area contributed by atoms with Crippen molar-refractivity contribution in [3.8, 4) is 0 Å². The van der Waals surface area contributed by atoms with E-state index in [4.69, 9.17) is 0 Å². The second-order valence-corrected chi connectivity index (χ2v) is 13.2. The fraction of sp³-hybridized carbons (Fsp3) is 0.720. The molecule has 4 aliphatic carbocycles. The van der Waals surface area contributed by atoms with Crippen molar-refractivity contribution >= 4 is 25.2 Å². The average Bonchev–Trinajstić information content (AvgIpc) is 2.94. The summed E-state index contributed by atoms with van der Waals surface area (Å²) in [5.74, 6) is 3.39. The third-order valence-corrected chi connectivity index (χ3v) is 12.0. The summed E-state index contributed by atoms with van der Waals surface area (Å²) in [5, 5.41) is 10.2. The molecule has 0 radical (unpaired) electrons. The van der Waals surface area contributed by atoms with Crippen LogP contribution in [0.4, 0.5) is 0 Å². The van der Waals surface area contributed by atoms with Gasteiger partial charge >= 0.3 is 176 Å². The van der Waals surface area contributed by atoms with Crippen LogP contribution in [0, 0.1) is 34.5 Å². The molecule has 0 bridgehead atoms. The van der Waals surface area contributed by atoms with Crippen LogP contribution in [0.3, 0.4) is 0 Å². The number of hydrogen-bond acceptors (Lipinski definition) is 2. The molecule has 2 nitrogen and oxygen atoms in total. The molecule has 4 saturated carbocycles. The third kappa shape index (κ3) is 2.88. The molecule has 1 aromatic carbocycles. The standard InChI is InChI=1S/C25H34O2Se/c1-24-12-10-17(26)14-16(24)8-9-19-20(24)11-13-25(2)21(19)15-22(23(25)27)28-18-6-4-3-5-7-18/h3-7,16-17,19-22,26H,8-15H2,1-2H3/t16-,17-,19+,20-,21?,22?,24-,25-/m0/s1. The fourth-order valence-electron chi connectivity index (χ4n) is 7.77. The molecule has 152 valence electrons. The number of Topliss-reactive ketones (excluding diaryl/α,β-unsaturated/α-hetero) is 1. The summed E-state index contributed by atoms with van der Waals surface area (Å²) in [4.78, 5) is 13.8. The molecule has 5 rings (SSSR count). The second kappa shape index (κ2) is 6.96. The number of carbonyl (C=O) groups excluding carboxylic acids is 1. The molecular weight excluding hydrogens is 411 g/mol. The monoisotopic (exact) mass is 446 g/mol. The molecule has 2 unspecified atom stereocenters. The normalized spacial score (nSPS) is 47.9. The number of aliphatic hydroxyl groups excluding tert-OH is 1. The molecule has 0 aliphatic heterocycles. The molecule has 0 heterocycles. The first-order valence-electron chi connectivity index (χ1n) is 11.4. The van der Waals surface area contributed by atoms with E-state index in [0.717, 1.165) is 37.5 Å². The maximum absolute atomic E-state index is 13.5. The van der Waals surface area contributed by atoms with Gasteiger partial charge in [-0.3, -0.25) is 0 Å². The Labute approximate surface area is 176 Å². The Kier molecular flexibility index (Phi) is 4.81. The van der Waals surface area contributed by atoms with Gasteiger partial charge in [-0.1, -0.05) is 0 Å². The zero-order valence-electron chi connectivity index (χ0n) is 17.3. The molecule has 8 atom stereocenters. The van der Waals surface area contributed by atoms with Crippen molar-refractivity contribution in [3.05, 3.63) is 30.3 Å². The Bertz CT molecular complexity index is 748. The Morgan fingerprint density at radius 1 is 0.964 bits per heavy atom. The molecule has 28 heavy (non-hydrogen) atoms. The van der Waals surface area contributed by atoms with Gasteiger partial charge in [-0.15, -0.1) is 0 Å². The van der Waals surface area contributed by atoms with Gasteiger partial charge in [0, 0.05) is 0 Å². The molecular formula is C25H34O2Se. The van der Waals surface area contributed by atoms with E-state index in [1.54, 1.807) is 0 Å². The Morgan fingerprint density at radius 2 is 1.75 bits per heavy atom. The van der Waals surface area contributed by atoms with E-state index in [1.807, 2.05) is 0 Å². The molecule has 0 spiro atoms. The first-order valence-corrected chi connectivity index (χ1v) is 13.2. The van der Waals surface area contributed by atoms with Crippen molar-refractivity contribution in [2.45, 2.75) is 76.1 Å². The van der Waals surface area contributed by atoms with Crippen LogP contribution in [0.25, 0.3) is 0 Å². The predicted octanol–water partition coefficient (Wildman–Crippen LogP) is 4.39. The van der Waals surface area contributed by atoms with E-state index in [1.165, 1.54) is 30.1 Å². The van der Waals surface area contributed by atoms with E-state index in [0.29, 0.717) is 23.0 Å². The summed E-state index contributed by atoms with van der Waals surface area (Å²) in [6.07, 6.45) is 9.14. The van der Waals surface area contributed by atoms with E-state index in [9.17, 15) is 9.90 Å². The zero-order chi connectivity index (χ0) is 19.5. The first kappa shape index (κ1) is 19.3. The molecule has 1 aromatic rings. The van der Waals surface area contributed by atoms with Crippen molar-refractivity contribution in [1.82, 2.24) is 0 Å². The van der Waals surface area contributed by atoms with E-state index in [2.05, 4.69) is 44.2 Å². The van der Waals surface area contributed by atoms with Crippen LogP contribution in [-0.2, 0) is 4.79 Å². The Hall–Kier alpha value is -0.631. The molecule has 4 aliphatic rings. The molecule has 1 N–H and O–H groups in total. The SMILES string of the molecule is C[C@]12CC[C@H](O)C[C@@H]1CC[C@H]1C3CC([Se]c4ccccc4)C(=O)[C@@]3(C)CC[C@@H]12. The Balaban J connectivity index is 1.39. The number of fused-ring (bicyclic) bond motifs is 5. The summed E-state index contributed by atoms with van der Waals surface area (Å²) in [6.45, 7) is 4.85. The van der Waals surface area contributed by atoms with Crippen LogP contribution < -0.4 is 4.46 Å². The van der Waals surface area contributed by atoms with Gasteiger partial charge < -0.3 is 0 Å². The second-order valence-electron chi connectivity index (χ2n) is 10.6. The quantitative estimate of drug-likeness (QED) is 0.686. The van der Waals surface area contributed by atoms with Gasteiger partial charge in [-0.25, -0.2) is 0 Å². The summed E-state index contributed by atoms with van der Waals surface area (Å²) in [5.41, 5.74) is 0.328. The van der Waals surface area contributed by atoms with Gasteiger partial charge in [-0.2, -0.15) is 0 Å². The van der Waals surface area contributed by atoms with Gasteiger partial charge in [0.05, 0.1) is 0 Å². The van der Waals surface area contributed by atoms with Crippen molar-refractivity contribution in [2.75, 3.05) is 0 Å². The number of ketones is 1. The topological polar surface area (TPSA) is 37.3 Å². The van der Waals surface area contributed by atoms with Crippen LogP contribution in [0.2, 0.25) is 4.82 Å². The zero-order valence-corrected chi connectivity index (χ0v) is 19.0. The van der Waals surface area contributed by atoms with Gasteiger partial charge in [-0.05, 0) is 0 Å². The summed E-state index contributed by atoms with van der Waals surface area (Å²) in [6, 6.07) is 10.7. The number of rotatable bonds is 2. The van der Waals surface area contributed by atoms with Crippen molar-refractivity contribution in [2.24, 2.45) is 34.5 Å². The number of benzene rings is 1. The molecule has 0 amide bonds. The van der Waals surface area contributed by atoms with Crippen LogP contribution >= 0.6 is 0 Å². The first-order chi connectivity index (χ1) is 13.4.